The van der Waals surface area contributed by atoms with Gasteiger partial charge in [0.2, 0.25) is 0 Å². The molecule has 0 spiro atoms. The van der Waals surface area contributed by atoms with E-state index in [0.717, 1.165) is 19.5 Å². The van der Waals surface area contributed by atoms with Crippen LogP contribution in [0, 0.1) is 0 Å². The Hall–Kier alpha value is -0.610. The van der Waals surface area contributed by atoms with Gasteiger partial charge in [-0.15, -0.1) is 0 Å². The number of ether oxygens (including phenoxy) is 1. The van der Waals surface area contributed by atoms with Crippen LogP contribution >= 0.6 is 0 Å². The van der Waals surface area contributed by atoms with Crippen LogP contribution in [0.3, 0.4) is 0 Å². The summed E-state index contributed by atoms with van der Waals surface area (Å²) in [7, 11) is 0. The van der Waals surface area contributed by atoms with Gasteiger partial charge in [0, 0.05) is 6.54 Å². The zero-order valence-electron chi connectivity index (χ0n) is 8.58. The molecule has 0 aliphatic carbocycles. The zero-order valence-corrected chi connectivity index (χ0v) is 8.58. The Balaban J connectivity index is 3.60. The van der Waals surface area contributed by atoms with Crippen molar-refractivity contribution in [2.24, 2.45) is 5.73 Å². The average molecular weight is 188 g/mol. The topological polar surface area (TPSA) is 55.6 Å². The monoisotopic (exact) mass is 188 g/mol. The number of carbonyl (C=O) groups is 1. The summed E-state index contributed by atoms with van der Waals surface area (Å²) in [6.45, 7) is 7.04. The van der Waals surface area contributed by atoms with E-state index in [1.807, 2.05) is 6.92 Å². The molecule has 0 saturated carbocycles. The fourth-order valence-corrected chi connectivity index (χ4v) is 1.07. The number of carbonyl (C=O) groups excluding carboxylic acids is 1. The molecule has 0 radical (unpaired) electrons. The Morgan fingerprint density at radius 1 is 1.46 bits per heavy atom. The van der Waals surface area contributed by atoms with Gasteiger partial charge in [-0.2, -0.15) is 0 Å². The van der Waals surface area contributed by atoms with Crippen LogP contribution in [0.1, 0.15) is 20.3 Å². The third-order valence-corrected chi connectivity index (χ3v) is 1.72. The number of nitrogens with two attached hydrogens (primary N) is 1. The van der Waals surface area contributed by atoms with Crippen LogP contribution in [0.4, 0.5) is 0 Å². The molecule has 2 N–H and O–H groups in total. The zero-order chi connectivity index (χ0) is 10.1. The van der Waals surface area contributed by atoms with E-state index in [1.54, 1.807) is 0 Å². The molecule has 4 nitrogen and oxygen atoms in total. The summed E-state index contributed by atoms with van der Waals surface area (Å²) >= 11 is 0. The van der Waals surface area contributed by atoms with Crippen molar-refractivity contribution in [3.05, 3.63) is 0 Å². The summed E-state index contributed by atoms with van der Waals surface area (Å²) in [5, 5.41) is 0. The van der Waals surface area contributed by atoms with E-state index in [-0.39, 0.29) is 5.97 Å². The lowest BCUT2D eigenvalue weighted by atomic mass is 10.4. The number of hydrogen-bond acceptors (Lipinski definition) is 4. The second-order valence-electron chi connectivity index (χ2n) is 2.88. The van der Waals surface area contributed by atoms with E-state index in [0.29, 0.717) is 19.7 Å². The van der Waals surface area contributed by atoms with Crippen LogP contribution < -0.4 is 5.73 Å². The molecule has 0 aliphatic heterocycles. The smallest absolute Gasteiger partial charge is 0.320 e. The standard InChI is InChI=1S/C9H20N2O2/c1-3-6-11(4-2)8-9(12)13-7-5-10/h3-8,10H2,1-2H3. The first-order chi connectivity index (χ1) is 6.24. The average Bonchev–Trinajstić information content (AvgIpc) is 2.14. The summed E-state index contributed by atoms with van der Waals surface area (Å²) in [6, 6.07) is 0. The molecule has 0 heterocycles. The molecule has 4 heteroatoms. The molecular formula is C9H20N2O2. The minimum atomic E-state index is -0.180. The lowest BCUT2D eigenvalue weighted by molar-refractivity contribution is -0.144. The fraction of sp³-hybridized carbons (Fsp3) is 0.889. The van der Waals surface area contributed by atoms with Crippen molar-refractivity contribution in [1.29, 1.82) is 0 Å². The van der Waals surface area contributed by atoms with E-state index in [1.165, 1.54) is 0 Å². The molecule has 0 atom stereocenters. The Kier molecular flexibility index (Phi) is 7.63. The number of nitrogens with zero attached hydrogens (tertiary/aromatic N) is 1. The van der Waals surface area contributed by atoms with Gasteiger partial charge in [0.25, 0.3) is 0 Å². The second kappa shape index (κ2) is 8.01. The van der Waals surface area contributed by atoms with Crippen LogP contribution in [0.2, 0.25) is 0 Å². The summed E-state index contributed by atoms with van der Waals surface area (Å²) < 4.78 is 4.86. The van der Waals surface area contributed by atoms with E-state index in [9.17, 15) is 4.79 Å². The highest BCUT2D eigenvalue weighted by molar-refractivity contribution is 5.71. The lowest BCUT2D eigenvalue weighted by Gasteiger charge is -2.17. The second-order valence-corrected chi connectivity index (χ2v) is 2.88. The van der Waals surface area contributed by atoms with Crippen molar-refractivity contribution in [3.8, 4) is 0 Å². The molecule has 0 saturated heterocycles. The number of likely N-dealkylation sites (N-methyl/N-ethyl adjacent to an activating group) is 1. The van der Waals surface area contributed by atoms with Crippen LogP contribution in [-0.2, 0) is 9.53 Å². The van der Waals surface area contributed by atoms with Gasteiger partial charge in [0.1, 0.15) is 6.61 Å². The normalized spacial score (nSPS) is 10.5. The fourth-order valence-electron chi connectivity index (χ4n) is 1.07. The number of esters is 1. The Labute approximate surface area is 80.0 Å². The quantitative estimate of drug-likeness (QED) is 0.581. The summed E-state index contributed by atoms with van der Waals surface area (Å²) in [4.78, 5) is 13.2. The van der Waals surface area contributed by atoms with Crippen molar-refractivity contribution < 1.29 is 9.53 Å². The largest absolute Gasteiger partial charge is 0.463 e. The van der Waals surface area contributed by atoms with Crippen molar-refractivity contribution in [2.45, 2.75) is 20.3 Å². The molecular weight excluding hydrogens is 168 g/mol. The van der Waals surface area contributed by atoms with Gasteiger partial charge in [0.05, 0.1) is 6.54 Å². The van der Waals surface area contributed by atoms with Crippen molar-refractivity contribution in [3.63, 3.8) is 0 Å². The first kappa shape index (κ1) is 12.4. The van der Waals surface area contributed by atoms with E-state index < -0.39 is 0 Å². The van der Waals surface area contributed by atoms with Gasteiger partial charge >= 0.3 is 5.97 Å². The van der Waals surface area contributed by atoms with E-state index >= 15 is 0 Å². The summed E-state index contributed by atoms with van der Waals surface area (Å²) in [5.41, 5.74) is 5.21. The van der Waals surface area contributed by atoms with Gasteiger partial charge < -0.3 is 10.5 Å². The predicted molar refractivity (Wildman–Crippen MR) is 52.4 cm³/mol. The molecule has 0 rings (SSSR count). The van der Waals surface area contributed by atoms with Crippen molar-refractivity contribution >= 4 is 5.97 Å². The molecule has 0 aromatic rings. The maximum Gasteiger partial charge on any atom is 0.320 e. The highest BCUT2D eigenvalue weighted by Gasteiger charge is 2.08. The van der Waals surface area contributed by atoms with Crippen LogP contribution in [-0.4, -0.2) is 43.7 Å². The molecule has 13 heavy (non-hydrogen) atoms. The van der Waals surface area contributed by atoms with Crippen LogP contribution in [0.15, 0.2) is 0 Å². The highest BCUT2D eigenvalue weighted by atomic mass is 16.5. The molecule has 0 aliphatic rings. The van der Waals surface area contributed by atoms with Gasteiger partial charge in [0.15, 0.2) is 0 Å². The first-order valence-electron chi connectivity index (χ1n) is 4.82. The Morgan fingerprint density at radius 3 is 2.62 bits per heavy atom. The molecule has 0 bridgehead atoms. The molecule has 78 valence electrons. The number of hydrogen-bond donors (Lipinski definition) is 1. The van der Waals surface area contributed by atoms with E-state index in [4.69, 9.17) is 10.5 Å². The van der Waals surface area contributed by atoms with Gasteiger partial charge in [-0.3, -0.25) is 9.69 Å². The first-order valence-corrected chi connectivity index (χ1v) is 4.82. The highest BCUT2D eigenvalue weighted by Crippen LogP contribution is 1.91. The minimum Gasteiger partial charge on any atom is -0.463 e. The molecule has 0 unspecified atom stereocenters. The molecule has 0 amide bonds. The SMILES string of the molecule is CCCN(CC)CC(=O)OCCN. The van der Waals surface area contributed by atoms with Crippen LogP contribution in [0.5, 0.6) is 0 Å². The minimum absolute atomic E-state index is 0.180. The lowest BCUT2D eigenvalue weighted by Crippen LogP contribution is -2.32. The van der Waals surface area contributed by atoms with Gasteiger partial charge in [-0.1, -0.05) is 13.8 Å². The van der Waals surface area contributed by atoms with Gasteiger partial charge in [-0.25, -0.2) is 0 Å². The third kappa shape index (κ3) is 6.54. The van der Waals surface area contributed by atoms with Gasteiger partial charge in [-0.05, 0) is 19.5 Å². The third-order valence-electron chi connectivity index (χ3n) is 1.72. The Morgan fingerprint density at radius 2 is 2.15 bits per heavy atom. The molecule has 0 aromatic carbocycles. The molecule has 0 fully saturated rings. The summed E-state index contributed by atoms with van der Waals surface area (Å²) in [5.74, 6) is -0.180. The summed E-state index contributed by atoms with van der Waals surface area (Å²) in [6.07, 6.45) is 1.05. The van der Waals surface area contributed by atoms with Crippen LogP contribution in [0.25, 0.3) is 0 Å². The maximum absolute atomic E-state index is 11.1. The molecule has 0 aromatic heterocycles. The van der Waals surface area contributed by atoms with Crippen molar-refractivity contribution in [1.82, 2.24) is 4.90 Å². The Bertz CT molecular complexity index is 140. The van der Waals surface area contributed by atoms with Crippen molar-refractivity contribution in [2.75, 3.05) is 32.8 Å². The predicted octanol–water partition coefficient (Wildman–Crippen LogP) is 0.220. The number of rotatable bonds is 7. The maximum atomic E-state index is 11.1. The van der Waals surface area contributed by atoms with E-state index in [2.05, 4.69) is 11.8 Å².